The number of allylic oxidation sites excluding steroid dienone is 2. The number of hydrogen-bond donors (Lipinski definition) is 3. The van der Waals surface area contributed by atoms with Gasteiger partial charge in [-0.15, -0.1) is 0 Å². The molecule has 0 saturated carbocycles. The molecule has 3 heterocycles. The second-order valence-corrected chi connectivity index (χ2v) is 7.73. The van der Waals surface area contributed by atoms with Gasteiger partial charge in [0.15, 0.2) is 11.0 Å². The zero-order valence-electron chi connectivity index (χ0n) is 17.2. The first-order valence-corrected chi connectivity index (χ1v) is 10.9. The molecule has 1 saturated heterocycles. The lowest BCUT2D eigenvalue weighted by Crippen LogP contribution is -2.36. The maximum Gasteiger partial charge on any atom is 0.191 e. The maximum atomic E-state index is 9.04. The number of anilines is 2. The number of morpholine rings is 1. The quantitative estimate of drug-likeness (QED) is 0.134. The molecule has 3 N–H and O–H groups in total. The molecule has 2 aromatic heterocycles. The molecule has 8 nitrogen and oxygen atoms in total. The number of nitrogens with one attached hydrogen (secondary N) is 2. The molecule has 0 atom stereocenters. The van der Waals surface area contributed by atoms with Crippen LogP contribution in [0.25, 0.3) is 6.08 Å². The normalized spacial score (nSPS) is 14.7. The molecular formula is C21H28N6O2S. The largest absolute Gasteiger partial charge is 0.396 e. The van der Waals surface area contributed by atoms with Crippen LogP contribution >= 0.6 is 11.8 Å². The molecule has 1 aliphatic heterocycles. The van der Waals surface area contributed by atoms with Gasteiger partial charge in [0, 0.05) is 54.5 Å². The van der Waals surface area contributed by atoms with Crippen LogP contribution in [-0.4, -0.2) is 64.9 Å². The van der Waals surface area contributed by atoms with Crippen LogP contribution in [0.4, 0.5) is 11.6 Å². The SMILES string of the molecule is C=C/C=C\c1c(/C=N/Nc2cc(N3CCOCC3)nc(SCCCO)n2)c[nH]c1C. The van der Waals surface area contributed by atoms with Gasteiger partial charge in [-0.3, -0.25) is 5.43 Å². The molecule has 0 unspecified atom stereocenters. The van der Waals surface area contributed by atoms with Gasteiger partial charge in [0.2, 0.25) is 0 Å². The van der Waals surface area contributed by atoms with Crippen LogP contribution in [0.2, 0.25) is 0 Å². The third kappa shape index (κ3) is 6.19. The van der Waals surface area contributed by atoms with Crippen molar-refractivity contribution in [2.24, 2.45) is 5.10 Å². The van der Waals surface area contributed by atoms with Crippen LogP contribution in [0, 0.1) is 6.92 Å². The van der Waals surface area contributed by atoms with Crippen molar-refractivity contribution in [2.45, 2.75) is 18.5 Å². The Morgan fingerprint density at radius 2 is 2.23 bits per heavy atom. The fraction of sp³-hybridized carbons (Fsp3) is 0.381. The molecule has 0 amide bonds. The molecule has 0 aliphatic carbocycles. The molecule has 0 radical (unpaired) electrons. The lowest BCUT2D eigenvalue weighted by Gasteiger charge is -2.28. The Balaban J connectivity index is 1.76. The average molecular weight is 429 g/mol. The molecule has 0 spiro atoms. The highest BCUT2D eigenvalue weighted by atomic mass is 32.2. The minimum Gasteiger partial charge on any atom is -0.396 e. The molecular weight excluding hydrogens is 400 g/mol. The van der Waals surface area contributed by atoms with Gasteiger partial charge in [-0.05, 0) is 13.3 Å². The molecule has 2 aromatic rings. The number of aliphatic hydroxyl groups excluding tert-OH is 1. The van der Waals surface area contributed by atoms with Crippen molar-refractivity contribution in [1.29, 1.82) is 0 Å². The van der Waals surface area contributed by atoms with E-state index in [4.69, 9.17) is 9.84 Å². The summed E-state index contributed by atoms with van der Waals surface area (Å²) in [6.07, 6.45) is 10.0. The van der Waals surface area contributed by atoms with Crippen molar-refractivity contribution in [2.75, 3.05) is 49.0 Å². The van der Waals surface area contributed by atoms with Gasteiger partial charge < -0.3 is 19.7 Å². The Kier molecular flexibility index (Phi) is 8.49. The third-order valence-electron chi connectivity index (χ3n) is 4.50. The molecule has 0 aromatic carbocycles. The van der Waals surface area contributed by atoms with Crippen molar-refractivity contribution in [3.63, 3.8) is 0 Å². The Morgan fingerprint density at radius 3 is 3.00 bits per heavy atom. The summed E-state index contributed by atoms with van der Waals surface area (Å²) in [7, 11) is 0. The molecule has 0 bridgehead atoms. The van der Waals surface area contributed by atoms with Crippen LogP contribution in [-0.2, 0) is 4.74 Å². The minimum absolute atomic E-state index is 0.157. The van der Waals surface area contributed by atoms with Gasteiger partial charge in [-0.2, -0.15) is 5.10 Å². The Bertz CT molecular complexity index is 890. The highest BCUT2D eigenvalue weighted by molar-refractivity contribution is 7.99. The number of aromatic nitrogens is 3. The van der Waals surface area contributed by atoms with Crippen LogP contribution in [0.5, 0.6) is 0 Å². The van der Waals surface area contributed by atoms with Crippen molar-refractivity contribution < 1.29 is 9.84 Å². The lowest BCUT2D eigenvalue weighted by molar-refractivity contribution is 0.122. The molecule has 9 heteroatoms. The Labute approximate surface area is 181 Å². The number of aliphatic hydroxyl groups is 1. The van der Waals surface area contributed by atoms with Gasteiger partial charge in [0.25, 0.3) is 0 Å². The summed E-state index contributed by atoms with van der Waals surface area (Å²) in [6.45, 7) is 8.85. The van der Waals surface area contributed by atoms with Crippen LogP contribution in [0.15, 0.2) is 41.3 Å². The Morgan fingerprint density at radius 1 is 1.40 bits per heavy atom. The number of thioether (sulfide) groups is 1. The predicted octanol–water partition coefficient (Wildman–Crippen LogP) is 3.07. The predicted molar refractivity (Wildman–Crippen MR) is 123 cm³/mol. The van der Waals surface area contributed by atoms with E-state index < -0.39 is 0 Å². The molecule has 1 aliphatic rings. The minimum atomic E-state index is 0.157. The van der Waals surface area contributed by atoms with Crippen LogP contribution in [0.1, 0.15) is 23.2 Å². The smallest absolute Gasteiger partial charge is 0.191 e. The summed E-state index contributed by atoms with van der Waals surface area (Å²) in [5, 5.41) is 14.1. The highest BCUT2D eigenvalue weighted by Crippen LogP contribution is 2.23. The number of hydrogen-bond acceptors (Lipinski definition) is 8. The number of aryl methyl sites for hydroxylation is 1. The number of aromatic amines is 1. The molecule has 1 fully saturated rings. The third-order valence-corrected chi connectivity index (χ3v) is 5.44. The van der Waals surface area contributed by atoms with Crippen molar-refractivity contribution in [3.05, 3.63) is 47.8 Å². The summed E-state index contributed by atoms with van der Waals surface area (Å²) in [5.74, 6) is 2.24. The van der Waals surface area contributed by atoms with Gasteiger partial charge in [-0.25, -0.2) is 9.97 Å². The fourth-order valence-electron chi connectivity index (χ4n) is 2.94. The van der Waals surface area contributed by atoms with Crippen molar-refractivity contribution in [1.82, 2.24) is 15.0 Å². The number of rotatable bonds is 10. The number of hydrazone groups is 1. The first-order chi connectivity index (χ1) is 14.7. The van der Waals surface area contributed by atoms with Gasteiger partial charge in [-0.1, -0.05) is 36.6 Å². The van der Waals surface area contributed by atoms with Crippen molar-refractivity contribution >= 4 is 35.7 Å². The van der Waals surface area contributed by atoms with E-state index in [0.29, 0.717) is 30.6 Å². The highest BCUT2D eigenvalue weighted by Gasteiger charge is 2.15. The van der Waals surface area contributed by atoms with E-state index in [1.165, 1.54) is 11.8 Å². The van der Waals surface area contributed by atoms with E-state index in [1.54, 1.807) is 12.3 Å². The average Bonchev–Trinajstić information content (AvgIpc) is 3.12. The number of H-pyrrole nitrogens is 1. The second-order valence-electron chi connectivity index (χ2n) is 6.67. The van der Waals surface area contributed by atoms with Crippen LogP contribution < -0.4 is 10.3 Å². The van der Waals surface area contributed by atoms with E-state index in [0.717, 1.165) is 41.5 Å². The van der Waals surface area contributed by atoms with Gasteiger partial charge in [0.1, 0.15) is 5.82 Å². The Hall–Kier alpha value is -2.62. The summed E-state index contributed by atoms with van der Waals surface area (Å²) < 4.78 is 5.44. The molecule has 160 valence electrons. The zero-order chi connectivity index (χ0) is 21.2. The molecule has 30 heavy (non-hydrogen) atoms. The van der Waals surface area contributed by atoms with E-state index in [2.05, 4.69) is 37.0 Å². The van der Waals surface area contributed by atoms with Gasteiger partial charge in [0.05, 0.1) is 19.4 Å². The lowest BCUT2D eigenvalue weighted by atomic mass is 10.1. The second kappa shape index (κ2) is 11.5. The zero-order valence-corrected chi connectivity index (χ0v) is 18.0. The number of nitrogens with zero attached hydrogens (tertiary/aromatic N) is 4. The topological polar surface area (TPSA) is 98.7 Å². The van der Waals surface area contributed by atoms with Crippen LogP contribution in [0.3, 0.4) is 0 Å². The van der Waals surface area contributed by atoms with Crippen molar-refractivity contribution in [3.8, 4) is 0 Å². The summed E-state index contributed by atoms with van der Waals surface area (Å²) in [5.41, 5.74) is 6.14. The monoisotopic (exact) mass is 428 g/mol. The first-order valence-electron chi connectivity index (χ1n) is 9.93. The molecule has 3 rings (SSSR count). The maximum absolute atomic E-state index is 9.04. The van der Waals surface area contributed by atoms with E-state index in [1.807, 2.05) is 31.3 Å². The summed E-state index contributed by atoms with van der Waals surface area (Å²) in [4.78, 5) is 14.6. The number of ether oxygens (including phenoxy) is 1. The fourth-order valence-corrected chi connectivity index (χ4v) is 3.71. The van der Waals surface area contributed by atoms with E-state index in [9.17, 15) is 0 Å². The van der Waals surface area contributed by atoms with Gasteiger partial charge >= 0.3 is 0 Å². The first kappa shape index (κ1) is 22.1. The standard InChI is InChI=1S/C21H28N6O2S/c1-3-4-6-18-16(2)22-14-17(18)15-23-26-19-13-20(27-7-10-29-11-8-27)25-21(24-19)30-12-5-9-28/h3-4,6,13-15,22,28H,1,5,7-12H2,2H3,(H,24,25,26)/b6-4-,23-15+. The van der Waals surface area contributed by atoms with E-state index in [-0.39, 0.29) is 6.61 Å². The summed E-state index contributed by atoms with van der Waals surface area (Å²) >= 11 is 1.53. The summed E-state index contributed by atoms with van der Waals surface area (Å²) in [6, 6.07) is 1.90. The van der Waals surface area contributed by atoms with E-state index >= 15 is 0 Å².